The van der Waals surface area contributed by atoms with E-state index in [-0.39, 0.29) is 24.8 Å². The number of carbonyl (C=O) groups is 2. The molecule has 0 aromatic rings. The second kappa shape index (κ2) is 5.27. The highest BCUT2D eigenvalue weighted by Gasteiger charge is 2.39. The van der Waals surface area contributed by atoms with Crippen LogP contribution in [0.1, 0.15) is 19.8 Å². The summed E-state index contributed by atoms with van der Waals surface area (Å²) >= 11 is 0. The largest absolute Gasteiger partial charge is 0.480 e. The van der Waals surface area contributed by atoms with Crippen molar-refractivity contribution in [2.24, 2.45) is 11.7 Å². The van der Waals surface area contributed by atoms with Crippen molar-refractivity contribution >= 4 is 11.9 Å². The molecule has 4 N–H and O–H groups in total. The number of hydrogen-bond donors (Lipinski definition) is 3. The van der Waals surface area contributed by atoms with Crippen LogP contribution >= 0.6 is 0 Å². The zero-order valence-electron chi connectivity index (χ0n) is 9.30. The van der Waals surface area contributed by atoms with Crippen LogP contribution in [0.3, 0.4) is 0 Å². The van der Waals surface area contributed by atoms with E-state index in [1.807, 2.05) is 0 Å². The number of β-amino-alcohol motifs (C(OH)–C–C–N with tert-alkyl or cyclic N) is 1. The van der Waals surface area contributed by atoms with E-state index in [2.05, 4.69) is 0 Å². The number of carbonyl (C=O) groups excluding carboxylic acids is 1. The van der Waals surface area contributed by atoms with Crippen molar-refractivity contribution < 1.29 is 19.8 Å². The first-order valence-corrected chi connectivity index (χ1v) is 5.38. The van der Waals surface area contributed by atoms with Crippen LogP contribution in [0.25, 0.3) is 0 Å². The molecule has 1 unspecified atom stereocenters. The summed E-state index contributed by atoms with van der Waals surface area (Å²) in [5.41, 5.74) is 5.35. The molecule has 0 aromatic carbocycles. The first kappa shape index (κ1) is 12.9. The van der Waals surface area contributed by atoms with Crippen LogP contribution in [0.4, 0.5) is 0 Å². The molecular formula is C10H18N2O4. The summed E-state index contributed by atoms with van der Waals surface area (Å²) in [5.74, 6) is -1.60. The fourth-order valence-electron chi connectivity index (χ4n) is 1.95. The lowest BCUT2D eigenvalue weighted by atomic mass is 10.1. The lowest BCUT2D eigenvalue weighted by Crippen LogP contribution is -2.43. The van der Waals surface area contributed by atoms with Gasteiger partial charge in [0.15, 0.2) is 0 Å². The first-order valence-electron chi connectivity index (χ1n) is 5.38. The molecule has 0 saturated carbocycles. The van der Waals surface area contributed by atoms with Gasteiger partial charge in [0.05, 0.1) is 6.10 Å². The predicted molar refractivity (Wildman–Crippen MR) is 56.6 cm³/mol. The van der Waals surface area contributed by atoms with Crippen LogP contribution in [0.5, 0.6) is 0 Å². The highest BCUT2D eigenvalue weighted by molar-refractivity contribution is 5.85. The average molecular weight is 230 g/mol. The molecule has 0 bridgehead atoms. The van der Waals surface area contributed by atoms with Gasteiger partial charge >= 0.3 is 5.97 Å². The number of carboxylic acid groups (broad SMARTS) is 1. The number of aliphatic carboxylic acids is 1. The van der Waals surface area contributed by atoms with E-state index in [0.29, 0.717) is 13.0 Å². The van der Waals surface area contributed by atoms with Crippen molar-refractivity contribution in [2.75, 3.05) is 13.1 Å². The van der Waals surface area contributed by atoms with E-state index >= 15 is 0 Å². The summed E-state index contributed by atoms with van der Waals surface area (Å²) in [5, 5.41) is 18.3. The van der Waals surface area contributed by atoms with Crippen molar-refractivity contribution in [3.05, 3.63) is 0 Å². The lowest BCUT2D eigenvalue weighted by molar-refractivity contribution is -0.149. The molecule has 3 atom stereocenters. The molecule has 0 radical (unpaired) electrons. The monoisotopic (exact) mass is 230 g/mol. The second-order valence-corrected chi connectivity index (χ2v) is 4.21. The number of likely N-dealkylation sites (tertiary alicyclic amines) is 1. The van der Waals surface area contributed by atoms with Crippen LogP contribution < -0.4 is 5.73 Å². The lowest BCUT2D eigenvalue weighted by Gasteiger charge is -2.24. The molecule has 1 heterocycles. The smallest absolute Gasteiger partial charge is 0.326 e. The number of aliphatic hydroxyl groups is 1. The van der Waals surface area contributed by atoms with Gasteiger partial charge in [-0.1, -0.05) is 6.92 Å². The van der Waals surface area contributed by atoms with Gasteiger partial charge in [0.25, 0.3) is 0 Å². The Morgan fingerprint density at radius 3 is 2.69 bits per heavy atom. The predicted octanol–water partition coefficient (Wildman–Crippen LogP) is -0.982. The van der Waals surface area contributed by atoms with E-state index in [4.69, 9.17) is 10.8 Å². The van der Waals surface area contributed by atoms with Crippen LogP contribution in [-0.4, -0.2) is 52.2 Å². The Hall–Kier alpha value is -1.14. The van der Waals surface area contributed by atoms with Crippen LogP contribution in [0, 0.1) is 5.92 Å². The Bertz CT molecular complexity index is 282. The maximum Gasteiger partial charge on any atom is 0.326 e. The number of hydrogen-bond acceptors (Lipinski definition) is 4. The highest BCUT2D eigenvalue weighted by atomic mass is 16.4. The van der Waals surface area contributed by atoms with Crippen molar-refractivity contribution in [3.8, 4) is 0 Å². The van der Waals surface area contributed by atoms with Crippen LogP contribution in [0.2, 0.25) is 0 Å². The maximum absolute atomic E-state index is 11.9. The number of rotatable bonds is 4. The minimum absolute atomic E-state index is 0.102. The number of carboxylic acids is 1. The average Bonchev–Trinajstić information content (AvgIpc) is 2.59. The van der Waals surface area contributed by atoms with Gasteiger partial charge in [0, 0.05) is 18.9 Å². The summed E-state index contributed by atoms with van der Waals surface area (Å²) in [6.07, 6.45) is -0.108. The quantitative estimate of drug-likeness (QED) is 0.575. The van der Waals surface area contributed by atoms with E-state index in [1.54, 1.807) is 6.92 Å². The van der Waals surface area contributed by atoms with Gasteiger partial charge in [-0.3, -0.25) is 4.79 Å². The van der Waals surface area contributed by atoms with Crippen LogP contribution in [0.15, 0.2) is 0 Å². The first-order chi connectivity index (χ1) is 7.47. The number of amides is 1. The molecule has 1 saturated heterocycles. The fourth-order valence-corrected chi connectivity index (χ4v) is 1.95. The Balaban J connectivity index is 2.70. The van der Waals surface area contributed by atoms with E-state index in [0.717, 1.165) is 0 Å². The fraction of sp³-hybridized carbons (Fsp3) is 0.800. The van der Waals surface area contributed by atoms with E-state index in [9.17, 15) is 14.7 Å². The molecule has 0 spiro atoms. The van der Waals surface area contributed by atoms with Gasteiger partial charge in [-0.25, -0.2) is 4.79 Å². The van der Waals surface area contributed by atoms with Crippen molar-refractivity contribution in [1.82, 2.24) is 4.90 Å². The van der Waals surface area contributed by atoms with E-state index in [1.165, 1.54) is 4.90 Å². The zero-order chi connectivity index (χ0) is 12.3. The minimum atomic E-state index is -1.06. The van der Waals surface area contributed by atoms with Gasteiger partial charge in [-0.05, 0) is 13.0 Å². The highest BCUT2D eigenvalue weighted by Crippen LogP contribution is 2.21. The summed E-state index contributed by atoms with van der Waals surface area (Å²) in [4.78, 5) is 24.0. The summed E-state index contributed by atoms with van der Waals surface area (Å²) in [6, 6.07) is -0.900. The van der Waals surface area contributed by atoms with Gasteiger partial charge in [0.1, 0.15) is 6.04 Å². The van der Waals surface area contributed by atoms with E-state index < -0.39 is 18.1 Å². The summed E-state index contributed by atoms with van der Waals surface area (Å²) in [6.45, 7) is 2.21. The molecule has 16 heavy (non-hydrogen) atoms. The third-order valence-corrected chi connectivity index (χ3v) is 2.87. The summed E-state index contributed by atoms with van der Waals surface area (Å²) in [7, 11) is 0. The van der Waals surface area contributed by atoms with Crippen LogP contribution in [-0.2, 0) is 9.59 Å². The number of nitrogens with two attached hydrogens (primary N) is 1. The Kier molecular flexibility index (Phi) is 4.26. The maximum atomic E-state index is 11.9. The molecule has 1 aliphatic rings. The number of aliphatic hydroxyl groups excluding tert-OH is 1. The SMILES string of the molecule is CC(CCN)C(=O)N1C[C@H](O)C[C@H]1C(=O)O. The van der Waals surface area contributed by atoms with Crippen molar-refractivity contribution in [1.29, 1.82) is 0 Å². The van der Waals surface area contributed by atoms with Gasteiger partial charge in [-0.15, -0.1) is 0 Å². The van der Waals surface area contributed by atoms with Gasteiger partial charge in [-0.2, -0.15) is 0 Å². The Morgan fingerprint density at radius 2 is 2.19 bits per heavy atom. The Morgan fingerprint density at radius 1 is 1.56 bits per heavy atom. The third-order valence-electron chi connectivity index (χ3n) is 2.87. The molecule has 92 valence electrons. The normalized spacial score (nSPS) is 26.8. The van der Waals surface area contributed by atoms with Gasteiger partial charge < -0.3 is 20.8 Å². The molecule has 0 aromatic heterocycles. The molecule has 6 nitrogen and oxygen atoms in total. The molecule has 1 fully saturated rings. The zero-order valence-corrected chi connectivity index (χ0v) is 9.30. The molecule has 6 heteroatoms. The molecule has 1 amide bonds. The molecular weight excluding hydrogens is 212 g/mol. The third kappa shape index (κ3) is 2.70. The second-order valence-electron chi connectivity index (χ2n) is 4.21. The minimum Gasteiger partial charge on any atom is -0.480 e. The van der Waals surface area contributed by atoms with Crippen molar-refractivity contribution in [3.63, 3.8) is 0 Å². The number of nitrogens with zero attached hydrogens (tertiary/aromatic N) is 1. The molecule has 1 aliphatic heterocycles. The Labute approximate surface area is 94.0 Å². The van der Waals surface area contributed by atoms with Gasteiger partial charge in [0.2, 0.25) is 5.91 Å². The molecule has 1 rings (SSSR count). The summed E-state index contributed by atoms with van der Waals surface area (Å²) < 4.78 is 0. The standard InChI is InChI=1S/C10H18N2O4/c1-6(2-3-11)9(14)12-5-7(13)4-8(12)10(15)16/h6-8,13H,2-5,11H2,1H3,(H,15,16)/t6?,7-,8+/m1/s1. The molecule has 0 aliphatic carbocycles. The topological polar surface area (TPSA) is 104 Å². The van der Waals surface area contributed by atoms with Crippen molar-refractivity contribution in [2.45, 2.75) is 31.9 Å².